The second kappa shape index (κ2) is 9.02. The van der Waals surface area contributed by atoms with Crippen LogP contribution in [0.1, 0.15) is 12.5 Å². The maximum atomic E-state index is 12.6. The van der Waals surface area contributed by atoms with Crippen LogP contribution in [0.25, 0.3) is 11.4 Å². The van der Waals surface area contributed by atoms with E-state index < -0.39 is 5.25 Å². The summed E-state index contributed by atoms with van der Waals surface area (Å²) in [5, 5.41) is 20.6. The molecule has 2 aromatic carbocycles. The number of rotatable bonds is 7. The van der Waals surface area contributed by atoms with Gasteiger partial charge in [-0.2, -0.15) is 5.26 Å². The third-order valence-corrected chi connectivity index (χ3v) is 5.05. The van der Waals surface area contributed by atoms with Gasteiger partial charge in [0.05, 0.1) is 16.9 Å². The minimum atomic E-state index is -0.401. The lowest BCUT2D eigenvalue weighted by molar-refractivity contribution is -0.115. The molecule has 1 heterocycles. The molecule has 0 spiro atoms. The van der Waals surface area contributed by atoms with Gasteiger partial charge in [0.2, 0.25) is 5.91 Å². The first-order chi connectivity index (χ1) is 13.6. The van der Waals surface area contributed by atoms with E-state index >= 15 is 0 Å². The molecule has 1 atom stereocenters. The van der Waals surface area contributed by atoms with Crippen LogP contribution >= 0.6 is 11.8 Å². The van der Waals surface area contributed by atoms with Crippen molar-refractivity contribution in [1.82, 2.24) is 14.8 Å². The van der Waals surface area contributed by atoms with Crippen LogP contribution in [0.15, 0.2) is 72.4 Å². The van der Waals surface area contributed by atoms with Gasteiger partial charge in [-0.3, -0.25) is 9.36 Å². The molecule has 0 saturated carbocycles. The number of nitrogens with one attached hydrogen (secondary N) is 1. The van der Waals surface area contributed by atoms with E-state index in [1.807, 2.05) is 41.8 Å². The largest absolute Gasteiger partial charge is 0.325 e. The van der Waals surface area contributed by atoms with Gasteiger partial charge in [0.15, 0.2) is 11.0 Å². The SMILES string of the molecule is C=CCn1c(S[C@@H](C)C(=O)Nc2cccc(C#N)c2)nnc1-c1ccccc1. The number of anilines is 1. The number of nitriles is 1. The van der Waals surface area contributed by atoms with Crippen molar-refractivity contribution in [3.05, 3.63) is 72.8 Å². The number of aromatic nitrogens is 3. The number of carbonyl (C=O) groups excluding carboxylic acids is 1. The Morgan fingerprint density at radius 1 is 1.29 bits per heavy atom. The van der Waals surface area contributed by atoms with E-state index in [-0.39, 0.29) is 5.91 Å². The molecule has 0 saturated heterocycles. The highest BCUT2D eigenvalue weighted by atomic mass is 32.2. The zero-order valence-corrected chi connectivity index (χ0v) is 16.2. The zero-order chi connectivity index (χ0) is 19.9. The molecule has 0 aliphatic heterocycles. The van der Waals surface area contributed by atoms with Gasteiger partial charge in [-0.05, 0) is 25.1 Å². The third kappa shape index (κ3) is 4.48. The Labute approximate surface area is 167 Å². The topological polar surface area (TPSA) is 83.6 Å². The van der Waals surface area contributed by atoms with Crippen molar-refractivity contribution in [2.45, 2.75) is 23.9 Å². The predicted molar refractivity (Wildman–Crippen MR) is 111 cm³/mol. The van der Waals surface area contributed by atoms with E-state index in [1.165, 1.54) is 11.8 Å². The van der Waals surface area contributed by atoms with Crippen LogP contribution in [-0.2, 0) is 11.3 Å². The molecular weight excluding hydrogens is 370 g/mol. The molecule has 3 aromatic rings. The van der Waals surface area contributed by atoms with Crippen molar-refractivity contribution in [2.75, 3.05) is 5.32 Å². The molecule has 6 nitrogen and oxygen atoms in total. The first kappa shape index (κ1) is 19.4. The number of nitrogens with zero attached hydrogens (tertiary/aromatic N) is 4. The van der Waals surface area contributed by atoms with E-state index in [0.717, 1.165) is 11.4 Å². The van der Waals surface area contributed by atoms with Gasteiger partial charge in [0.1, 0.15) is 0 Å². The first-order valence-corrected chi connectivity index (χ1v) is 9.57. The lowest BCUT2D eigenvalue weighted by Crippen LogP contribution is -2.23. The maximum Gasteiger partial charge on any atom is 0.237 e. The minimum absolute atomic E-state index is 0.172. The van der Waals surface area contributed by atoms with E-state index in [2.05, 4.69) is 28.2 Å². The quantitative estimate of drug-likeness (QED) is 0.485. The van der Waals surface area contributed by atoms with Gasteiger partial charge in [-0.15, -0.1) is 16.8 Å². The molecule has 0 aliphatic carbocycles. The molecule has 140 valence electrons. The van der Waals surface area contributed by atoms with Crippen molar-refractivity contribution in [3.63, 3.8) is 0 Å². The van der Waals surface area contributed by atoms with Crippen LogP contribution in [0.3, 0.4) is 0 Å². The van der Waals surface area contributed by atoms with Gasteiger partial charge < -0.3 is 5.32 Å². The smallest absolute Gasteiger partial charge is 0.237 e. The number of hydrogen-bond donors (Lipinski definition) is 1. The normalized spacial score (nSPS) is 11.4. The summed E-state index contributed by atoms with van der Waals surface area (Å²) in [7, 11) is 0. The molecule has 0 radical (unpaired) electrons. The minimum Gasteiger partial charge on any atom is -0.325 e. The van der Waals surface area contributed by atoms with Crippen LogP contribution in [0.2, 0.25) is 0 Å². The maximum absolute atomic E-state index is 12.6. The van der Waals surface area contributed by atoms with E-state index in [4.69, 9.17) is 5.26 Å². The second-order valence-corrected chi connectivity index (χ2v) is 7.32. The molecule has 3 rings (SSSR count). The number of hydrogen-bond acceptors (Lipinski definition) is 5. The lowest BCUT2D eigenvalue weighted by Gasteiger charge is -2.13. The monoisotopic (exact) mass is 389 g/mol. The highest BCUT2D eigenvalue weighted by molar-refractivity contribution is 8.00. The van der Waals surface area contributed by atoms with Gasteiger partial charge in [-0.25, -0.2) is 0 Å². The van der Waals surface area contributed by atoms with E-state index in [9.17, 15) is 4.79 Å². The molecule has 1 amide bonds. The van der Waals surface area contributed by atoms with Gasteiger partial charge in [-0.1, -0.05) is 54.2 Å². The van der Waals surface area contributed by atoms with Crippen LogP contribution in [-0.4, -0.2) is 25.9 Å². The summed E-state index contributed by atoms with van der Waals surface area (Å²) in [5.41, 5.74) is 2.04. The van der Waals surface area contributed by atoms with Crippen molar-refractivity contribution in [1.29, 1.82) is 5.26 Å². The fraction of sp³-hybridized carbons (Fsp3) is 0.143. The molecule has 7 heteroatoms. The predicted octanol–water partition coefficient (Wildman–Crippen LogP) is 4.12. The molecule has 0 unspecified atom stereocenters. The third-order valence-electron chi connectivity index (χ3n) is 3.97. The van der Waals surface area contributed by atoms with Crippen LogP contribution < -0.4 is 5.32 Å². The summed E-state index contributed by atoms with van der Waals surface area (Å²) in [6, 6.07) is 18.7. The summed E-state index contributed by atoms with van der Waals surface area (Å²) in [6.07, 6.45) is 1.78. The van der Waals surface area contributed by atoms with Gasteiger partial charge in [0.25, 0.3) is 0 Å². The first-order valence-electron chi connectivity index (χ1n) is 8.69. The Hall–Kier alpha value is -3.37. The summed E-state index contributed by atoms with van der Waals surface area (Å²) in [5.74, 6) is 0.562. The Morgan fingerprint density at radius 3 is 2.79 bits per heavy atom. The molecular formula is C21H19N5OS. The van der Waals surface area contributed by atoms with Crippen LogP contribution in [0.4, 0.5) is 5.69 Å². The van der Waals surface area contributed by atoms with Crippen molar-refractivity contribution in [2.24, 2.45) is 0 Å². The van der Waals surface area contributed by atoms with Crippen molar-refractivity contribution >= 4 is 23.4 Å². The average molecular weight is 389 g/mol. The number of carbonyl (C=O) groups is 1. The number of benzene rings is 2. The van der Waals surface area contributed by atoms with Crippen molar-refractivity contribution in [3.8, 4) is 17.5 Å². The highest BCUT2D eigenvalue weighted by Crippen LogP contribution is 2.27. The van der Waals surface area contributed by atoms with Crippen molar-refractivity contribution < 1.29 is 4.79 Å². The van der Waals surface area contributed by atoms with Crippen LogP contribution in [0.5, 0.6) is 0 Å². The Morgan fingerprint density at radius 2 is 2.07 bits per heavy atom. The van der Waals surface area contributed by atoms with Crippen LogP contribution in [0, 0.1) is 11.3 Å². The number of amides is 1. The number of thioether (sulfide) groups is 1. The summed E-state index contributed by atoms with van der Waals surface area (Å²) in [6.45, 7) is 6.16. The summed E-state index contributed by atoms with van der Waals surface area (Å²) in [4.78, 5) is 12.6. The Bertz CT molecular complexity index is 1020. The van der Waals surface area contributed by atoms with Gasteiger partial charge in [0, 0.05) is 17.8 Å². The molecule has 1 aromatic heterocycles. The highest BCUT2D eigenvalue weighted by Gasteiger charge is 2.20. The summed E-state index contributed by atoms with van der Waals surface area (Å²) >= 11 is 1.33. The van der Waals surface area contributed by atoms with E-state index in [1.54, 1.807) is 30.3 Å². The zero-order valence-electron chi connectivity index (χ0n) is 15.4. The van der Waals surface area contributed by atoms with E-state index in [0.29, 0.717) is 23.0 Å². The molecule has 0 aliphatic rings. The Kier molecular flexibility index (Phi) is 6.25. The van der Waals surface area contributed by atoms with Gasteiger partial charge >= 0.3 is 0 Å². The summed E-state index contributed by atoms with van der Waals surface area (Å²) < 4.78 is 1.94. The number of allylic oxidation sites excluding steroid dienone is 1. The second-order valence-electron chi connectivity index (χ2n) is 6.01. The standard InChI is InChI=1S/C21H19N5OS/c1-3-12-26-19(17-9-5-4-6-10-17)24-25-21(26)28-15(2)20(27)23-18-11-7-8-16(13-18)14-22/h3-11,13,15H,1,12H2,2H3,(H,23,27)/t15-/m0/s1. The fourth-order valence-corrected chi connectivity index (χ4v) is 3.45. The lowest BCUT2D eigenvalue weighted by atomic mass is 10.2. The fourth-order valence-electron chi connectivity index (χ4n) is 2.59. The molecule has 0 fully saturated rings. The molecule has 1 N–H and O–H groups in total. The molecule has 28 heavy (non-hydrogen) atoms. The Balaban J connectivity index is 1.77. The average Bonchev–Trinajstić information content (AvgIpc) is 3.11. The molecule has 0 bridgehead atoms.